The van der Waals surface area contributed by atoms with E-state index in [1.54, 1.807) is 6.07 Å². The molecule has 1 aromatic rings. The second kappa shape index (κ2) is 5.72. The van der Waals surface area contributed by atoms with Gasteiger partial charge in [-0.25, -0.2) is 4.39 Å². The van der Waals surface area contributed by atoms with Gasteiger partial charge in [0.15, 0.2) is 0 Å². The van der Waals surface area contributed by atoms with Crippen LogP contribution < -0.4 is 10.2 Å². The summed E-state index contributed by atoms with van der Waals surface area (Å²) < 4.78 is 14.3. The summed E-state index contributed by atoms with van der Waals surface area (Å²) in [5.41, 5.74) is 1.93. The molecule has 0 bridgehead atoms. The normalized spacial score (nSPS) is 19.9. The van der Waals surface area contributed by atoms with E-state index in [1.165, 1.54) is 25.7 Å². The van der Waals surface area contributed by atoms with E-state index < -0.39 is 0 Å². The number of hydrogen-bond donors (Lipinski definition) is 1. The summed E-state index contributed by atoms with van der Waals surface area (Å²) in [6.07, 6.45) is 5.36. The summed E-state index contributed by atoms with van der Waals surface area (Å²) in [6, 6.07) is 5.58. The molecule has 2 aliphatic rings. The van der Waals surface area contributed by atoms with E-state index in [9.17, 15) is 4.39 Å². The molecule has 0 heterocycles. The highest BCUT2D eigenvalue weighted by atomic mass is 19.1. The maximum atomic E-state index is 14.3. The second-order valence-corrected chi connectivity index (χ2v) is 6.47. The van der Waals surface area contributed by atoms with Crippen LogP contribution in [0.25, 0.3) is 0 Å². The fourth-order valence-corrected chi connectivity index (χ4v) is 2.87. The van der Waals surface area contributed by atoms with Crippen LogP contribution in [0.15, 0.2) is 18.2 Å². The van der Waals surface area contributed by atoms with Gasteiger partial charge in [0.2, 0.25) is 0 Å². The van der Waals surface area contributed by atoms with E-state index in [2.05, 4.69) is 16.3 Å². The molecule has 3 rings (SSSR count). The lowest BCUT2D eigenvalue weighted by molar-refractivity contribution is 0.556. The molecule has 0 amide bonds. The van der Waals surface area contributed by atoms with Crippen LogP contribution in [0.2, 0.25) is 0 Å². The van der Waals surface area contributed by atoms with E-state index in [-0.39, 0.29) is 11.9 Å². The molecule has 1 atom stereocenters. The quantitative estimate of drug-likeness (QED) is 0.816. The number of halogens is 1. The minimum Gasteiger partial charge on any atom is -0.371 e. The molecular weight excluding hydrogens is 251 g/mol. The van der Waals surface area contributed by atoms with Gasteiger partial charge in [-0.2, -0.15) is 0 Å². The zero-order valence-corrected chi connectivity index (χ0v) is 12.5. The predicted molar refractivity (Wildman–Crippen MR) is 81.5 cm³/mol. The first-order chi connectivity index (χ1) is 9.69. The molecule has 2 aliphatic carbocycles. The van der Waals surface area contributed by atoms with E-state index >= 15 is 0 Å². The Morgan fingerprint density at radius 3 is 2.30 bits per heavy atom. The smallest absolute Gasteiger partial charge is 0.130 e. The molecule has 1 N–H and O–H groups in total. The molecule has 110 valence electrons. The van der Waals surface area contributed by atoms with Crippen molar-refractivity contribution in [3.8, 4) is 0 Å². The van der Waals surface area contributed by atoms with Crippen molar-refractivity contribution in [1.82, 2.24) is 5.32 Å². The van der Waals surface area contributed by atoms with Gasteiger partial charge in [0, 0.05) is 30.4 Å². The highest BCUT2D eigenvalue weighted by Gasteiger charge is 2.31. The standard InChI is InChI=1S/C17H25FN2/c1-12(19-2)17-15(18)4-3-5-16(17)20(10-13-6-7-13)11-14-8-9-14/h3-5,12-14,19H,6-11H2,1-2H3. The van der Waals surface area contributed by atoms with Crippen molar-refractivity contribution in [2.75, 3.05) is 25.0 Å². The maximum Gasteiger partial charge on any atom is 0.130 e. The molecule has 1 aromatic carbocycles. The van der Waals surface area contributed by atoms with Gasteiger partial charge < -0.3 is 10.2 Å². The van der Waals surface area contributed by atoms with Crippen molar-refractivity contribution < 1.29 is 4.39 Å². The van der Waals surface area contributed by atoms with Gasteiger partial charge in [-0.05, 0) is 63.6 Å². The van der Waals surface area contributed by atoms with Gasteiger partial charge in [-0.1, -0.05) is 6.07 Å². The summed E-state index contributed by atoms with van der Waals surface area (Å²) in [6.45, 7) is 4.24. The number of nitrogens with zero attached hydrogens (tertiary/aromatic N) is 1. The third kappa shape index (κ3) is 3.14. The average Bonchev–Trinajstić information content (AvgIpc) is 3.32. The Labute approximate surface area is 121 Å². The first-order valence-electron chi connectivity index (χ1n) is 7.89. The number of nitrogens with one attached hydrogen (secondary N) is 1. The first kappa shape index (κ1) is 13.9. The third-order valence-corrected chi connectivity index (χ3v) is 4.59. The summed E-state index contributed by atoms with van der Waals surface area (Å²) >= 11 is 0. The van der Waals surface area contributed by atoms with Gasteiger partial charge in [-0.3, -0.25) is 0 Å². The summed E-state index contributed by atoms with van der Waals surface area (Å²) in [5, 5.41) is 3.19. The van der Waals surface area contributed by atoms with E-state index in [0.29, 0.717) is 0 Å². The Morgan fingerprint density at radius 2 is 1.80 bits per heavy atom. The van der Waals surface area contributed by atoms with Gasteiger partial charge in [0.1, 0.15) is 5.82 Å². The van der Waals surface area contributed by atoms with Crippen LogP contribution in [0, 0.1) is 17.7 Å². The highest BCUT2D eigenvalue weighted by Crippen LogP contribution is 2.38. The molecule has 20 heavy (non-hydrogen) atoms. The van der Waals surface area contributed by atoms with Crippen molar-refractivity contribution >= 4 is 5.69 Å². The predicted octanol–water partition coefficient (Wildman–Crippen LogP) is 3.73. The number of hydrogen-bond acceptors (Lipinski definition) is 2. The van der Waals surface area contributed by atoms with Crippen LogP contribution in [0.4, 0.5) is 10.1 Å². The van der Waals surface area contributed by atoms with Gasteiger partial charge >= 0.3 is 0 Å². The minimum atomic E-state index is -0.0825. The Balaban J connectivity index is 1.88. The lowest BCUT2D eigenvalue weighted by Gasteiger charge is -2.29. The molecule has 1 unspecified atom stereocenters. The molecule has 2 nitrogen and oxygen atoms in total. The van der Waals surface area contributed by atoms with Crippen LogP contribution in [0.5, 0.6) is 0 Å². The Bertz CT molecular complexity index is 452. The second-order valence-electron chi connectivity index (χ2n) is 6.47. The summed E-state index contributed by atoms with van der Waals surface area (Å²) in [5.74, 6) is 1.57. The van der Waals surface area contributed by atoms with E-state index in [4.69, 9.17) is 0 Å². The van der Waals surface area contributed by atoms with Crippen LogP contribution in [-0.2, 0) is 0 Å². The number of anilines is 1. The van der Waals surface area contributed by atoms with Crippen LogP contribution in [-0.4, -0.2) is 20.1 Å². The van der Waals surface area contributed by atoms with Crippen molar-refractivity contribution in [3.63, 3.8) is 0 Å². The van der Waals surface area contributed by atoms with Crippen LogP contribution in [0.1, 0.15) is 44.2 Å². The van der Waals surface area contributed by atoms with E-state index in [1.807, 2.05) is 20.0 Å². The average molecular weight is 276 g/mol. The molecule has 0 aliphatic heterocycles. The minimum absolute atomic E-state index is 0.0482. The fourth-order valence-electron chi connectivity index (χ4n) is 2.87. The molecule has 2 saturated carbocycles. The largest absolute Gasteiger partial charge is 0.371 e. The van der Waals surface area contributed by atoms with Crippen molar-refractivity contribution in [3.05, 3.63) is 29.6 Å². The third-order valence-electron chi connectivity index (χ3n) is 4.59. The molecule has 0 radical (unpaired) electrons. The zero-order chi connectivity index (χ0) is 14.1. The molecular formula is C17H25FN2. The monoisotopic (exact) mass is 276 g/mol. The molecule has 3 heteroatoms. The topological polar surface area (TPSA) is 15.3 Å². The van der Waals surface area contributed by atoms with Crippen LogP contribution in [0.3, 0.4) is 0 Å². The maximum absolute atomic E-state index is 14.3. The molecule has 0 aromatic heterocycles. The Hall–Kier alpha value is -1.09. The van der Waals surface area contributed by atoms with Crippen molar-refractivity contribution in [1.29, 1.82) is 0 Å². The lowest BCUT2D eigenvalue weighted by atomic mass is 10.0. The number of rotatable bonds is 7. The fraction of sp³-hybridized carbons (Fsp3) is 0.647. The Kier molecular flexibility index (Phi) is 3.97. The molecule has 0 spiro atoms. The van der Waals surface area contributed by atoms with Gasteiger partial charge in [0.05, 0.1) is 0 Å². The number of benzene rings is 1. The van der Waals surface area contributed by atoms with Gasteiger partial charge in [-0.15, -0.1) is 0 Å². The Morgan fingerprint density at radius 1 is 1.20 bits per heavy atom. The van der Waals surface area contributed by atoms with Crippen molar-refractivity contribution in [2.45, 2.75) is 38.6 Å². The molecule has 2 fully saturated rings. The first-order valence-corrected chi connectivity index (χ1v) is 7.89. The molecule has 0 saturated heterocycles. The summed E-state index contributed by atoms with van der Waals surface area (Å²) in [4.78, 5) is 2.45. The lowest BCUT2D eigenvalue weighted by Crippen LogP contribution is -2.30. The summed E-state index contributed by atoms with van der Waals surface area (Å²) in [7, 11) is 1.90. The van der Waals surface area contributed by atoms with Gasteiger partial charge in [0.25, 0.3) is 0 Å². The highest BCUT2D eigenvalue weighted by molar-refractivity contribution is 5.56. The van der Waals surface area contributed by atoms with E-state index in [0.717, 1.165) is 36.2 Å². The SMILES string of the molecule is CNC(C)c1c(F)cccc1N(CC1CC1)CC1CC1. The zero-order valence-electron chi connectivity index (χ0n) is 12.5. The van der Waals surface area contributed by atoms with Crippen molar-refractivity contribution in [2.24, 2.45) is 11.8 Å². The van der Waals surface area contributed by atoms with Crippen LogP contribution >= 0.6 is 0 Å².